The summed E-state index contributed by atoms with van der Waals surface area (Å²) in [5.74, 6) is 0. The molecular formula is H4O4SiZn2. The molecule has 36 valence electrons. The Morgan fingerprint density at radius 1 is 0.714 bits per heavy atom. The Morgan fingerprint density at radius 2 is 0.714 bits per heavy atom. The molecule has 0 aromatic heterocycles. The molecule has 0 spiro atoms. The smallest absolute Gasteiger partial charge is 0.368 e. The van der Waals surface area contributed by atoms with Gasteiger partial charge in [-0.15, -0.1) is 0 Å². The van der Waals surface area contributed by atoms with Gasteiger partial charge in [-0.05, 0) is 0 Å². The topological polar surface area (TPSA) is 80.9 Å². The molecule has 0 fully saturated rings. The van der Waals surface area contributed by atoms with E-state index in [2.05, 4.69) is 0 Å². The summed E-state index contributed by atoms with van der Waals surface area (Å²) in [4.78, 5) is 29.3. The molecule has 0 radical (unpaired) electrons. The van der Waals surface area contributed by atoms with Crippen molar-refractivity contribution in [2.24, 2.45) is 0 Å². The van der Waals surface area contributed by atoms with Crippen molar-refractivity contribution in [1.82, 2.24) is 0 Å². The fourth-order valence-electron chi connectivity index (χ4n) is 0. The fraction of sp³-hybridized carbons (Fsp3) is 0. The Bertz CT molecular complexity index is 25.2. The zero-order valence-electron chi connectivity index (χ0n) is 3.70. The maximum Gasteiger partial charge on any atom is 0.668 e. The van der Waals surface area contributed by atoms with E-state index in [1.165, 1.54) is 0 Å². The van der Waals surface area contributed by atoms with E-state index in [1.807, 2.05) is 0 Å². The van der Waals surface area contributed by atoms with Crippen LogP contribution in [-0.2, 0) is 39.0 Å². The van der Waals surface area contributed by atoms with Crippen LogP contribution in [-0.4, -0.2) is 28.2 Å². The van der Waals surface area contributed by atoms with E-state index in [0.29, 0.717) is 0 Å². The zero-order chi connectivity index (χ0) is 4.50. The minimum atomic E-state index is -4.61. The first-order valence-electron chi connectivity index (χ1n) is 0.894. The SMILES string of the molecule is O[Si](O)(O)O.[Zn].[Zn]. The van der Waals surface area contributed by atoms with Gasteiger partial charge in [-0.3, -0.25) is 0 Å². The van der Waals surface area contributed by atoms with Crippen LogP contribution >= 0.6 is 0 Å². The first-order valence-corrected chi connectivity index (χ1v) is 2.68. The van der Waals surface area contributed by atoms with E-state index in [4.69, 9.17) is 19.2 Å². The number of hydrogen-bond donors (Lipinski definition) is 4. The summed E-state index contributed by atoms with van der Waals surface area (Å²) < 4.78 is 0. The predicted octanol–water partition coefficient (Wildman–Crippen LogP) is -2.61. The van der Waals surface area contributed by atoms with Crippen molar-refractivity contribution in [3.8, 4) is 0 Å². The van der Waals surface area contributed by atoms with Gasteiger partial charge in [0.15, 0.2) is 0 Å². The van der Waals surface area contributed by atoms with Crippen molar-refractivity contribution >= 4 is 9.05 Å². The van der Waals surface area contributed by atoms with Gasteiger partial charge in [-0.2, -0.15) is 0 Å². The Kier molecular flexibility index (Phi) is 12.2. The largest absolute Gasteiger partial charge is 0.668 e. The Balaban J connectivity index is -0.0000000800. The van der Waals surface area contributed by atoms with Crippen LogP contribution in [0.25, 0.3) is 0 Å². The molecule has 0 atom stereocenters. The molecule has 0 aromatic carbocycles. The normalized spacial score (nSPS) is 8.57. The summed E-state index contributed by atoms with van der Waals surface area (Å²) in [5, 5.41) is 0. The molecule has 7 heavy (non-hydrogen) atoms. The van der Waals surface area contributed by atoms with Gasteiger partial charge >= 0.3 is 9.05 Å². The van der Waals surface area contributed by atoms with E-state index in [9.17, 15) is 0 Å². The van der Waals surface area contributed by atoms with Crippen molar-refractivity contribution in [3.63, 3.8) is 0 Å². The number of rotatable bonds is 0. The van der Waals surface area contributed by atoms with Gasteiger partial charge in [-0.1, -0.05) is 0 Å². The molecule has 4 N–H and O–H groups in total. The van der Waals surface area contributed by atoms with Gasteiger partial charge in [0, 0.05) is 39.0 Å². The molecule has 7 heteroatoms. The van der Waals surface area contributed by atoms with E-state index >= 15 is 0 Å². The molecule has 0 aliphatic heterocycles. The van der Waals surface area contributed by atoms with Crippen LogP contribution < -0.4 is 0 Å². The Hall–Kier alpha value is 1.30. The summed E-state index contributed by atoms with van der Waals surface area (Å²) >= 11 is 0. The molecular weight excluding hydrogens is 223 g/mol. The number of hydrogen-bond acceptors (Lipinski definition) is 4. The van der Waals surface area contributed by atoms with Crippen molar-refractivity contribution < 1.29 is 58.1 Å². The van der Waals surface area contributed by atoms with Gasteiger partial charge in [0.2, 0.25) is 0 Å². The molecule has 0 unspecified atom stereocenters. The maximum atomic E-state index is 7.33. The molecule has 4 nitrogen and oxygen atoms in total. The Morgan fingerprint density at radius 3 is 0.714 bits per heavy atom. The average molecular weight is 227 g/mol. The first-order chi connectivity index (χ1) is 2.00. The molecule has 0 saturated heterocycles. The molecule has 0 rings (SSSR count). The molecule has 0 saturated carbocycles. The third kappa shape index (κ3) is 121. The average Bonchev–Trinajstić information content (AvgIpc) is 0.722. The second-order valence-electron chi connectivity index (χ2n) is 0.600. The van der Waals surface area contributed by atoms with Gasteiger partial charge in [0.25, 0.3) is 0 Å². The monoisotopic (exact) mass is 224 g/mol. The molecule has 0 aliphatic carbocycles. The van der Waals surface area contributed by atoms with Crippen molar-refractivity contribution in [2.75, 3.05) is 0 Å². The summed E-state index contributed by atoms with van der Waals surface area (Å²) in [6, 6.07) is 0. The second-order valence-corrected chi connectivity index (χ2v) is 1.80. The van der Waals surface area contributed by atoms with Crippen LogP contribution in [0.15, 0.2) is 0 Å². The predicted molar refractivity (Wildman–Crippen MR) is 14.6 cm³/mol. The van der Waals surface area contributed by atoms with Crippen molar-refractivity contribution in [2.45, 2.75) is 0 Å². The second kappa shape index (κ2) is 5.44. The summed E-state index contributed by atoms with van der Waals surface area (Å²) in [6.45, 7) is 0. The molecule has 0 amide bonds. The van der Waals surface area contributed by atoms with E-state index in [-0.39, 0.29) is 39.0 Å². The van der Waals surface area contributed by atoms with Crippen LogP contribution in [0.1, 0.15) is 0 Å². The van der Waals surface area contributed by atoms with E-state index < -0.39 is 9.05 Å². The van der Waals surface area contributed by atoms with Gasteiger partial charge in [0.1, 0.15) is 0 Å². The summed E-state index contributed by atoms with van der Waals surface area (Å²) in [6.07, 6.45) is 0. The molecule has 0 aliphatic rings. The Labute approximate surface area is 67.2 Å². The minimum Gasteiger partial charge on any atom is -0.368 e. The summed E-state index contributed by atoms with van der Waals surface area (Å²) in [5.41, 5.74) is 0. The van der Waals surface area contributed by atoms with E-state index in [0.717, 1.165) is 0 Å². The van der Waals surface area contributed by atoms with Gasteiger partial charge in [0.05, 0.1) is 0 Å². The molecule has 0 bridgehead atoms. The third-order valence-electron chi connectivity index (χ3n) is 0. The molecule has 0 heterocycles. The van der Waals surface area contributed by atoms with Crippen LogP contribution in [0.4, 0.5) is 0 Å². The van der Waals surface area contributed by atoms with Gasteiger partial charge < -0.3 is 19.2 Å². The zero-order valence-corrected chi connectivity index (χ0v) is 10.6. The quantitative estimate of drug-likeness (QED) is 0.342. The van der Waals surface area contributed by atoms with Gasteiger partial charge in [-0.25, -0.2) is 0 Å². The minimum absolute atomic E-state index is 0. The third-order valence-corrected chi connectivity index (χ3v) is 0. The van der Waals surface area contributed by atoms with Crippen molar-refractivity contribution in [1.29, 1.82) is 0 Å². The first kappa shape index (κ1) is 15.7. The van der Waals surface area contributed by atoms with E-state index in [1.54, 1.807) is 0 Å². The fourth-order valence-corrected chi connectivity index (χ4v) is 0. The maximum absolute atomic E-state index is 7.33. The standard InChI is InChI=1S/H4O4Si.2Zn/c1-5(2,3)4;;/h1-4H;;. The van der Waals surface area contributed by atoms with Crippen molar-refractivity contribution in [3.05, 3.63) is 0 Å². The van der Waals surface area contributed by atoms with Crippen LogP contribution in [0.5, 0.6) is 0 Å². The van der Waals surface area contributed by atoms with Crippen LogP contribution in [0.3, 0.4) is 0 Å². The van der Waals surface area contributed by atoms with Crippen LogP contribution in [0.2, 0.25) is 0 Å². The summed E-state index contributed by atoms with van der Waals surface area (Å²) in [7, 11) is -4.61. The molecule has 0 aromatic rings. The van der Waals surface area contributed by atoms with Crippen LogP contribution in [0, 0.1) is 0 Å².